The number of anilines is 1. The number of nitrogens with one attached hydrogen (secondary N) is 1. The standard InChI is InChI=1S/C20H30N4O4/c1-20(2,3)18(25)24-9-5-13(6-10-24)22-19-21-8-4-16(23-19)28-15-12-27-14-7-11-26-17(14)15/h4,8,13-15,17H,5-7,9-12H2,1-3H3,(H,21,22,23)/t14-,15+,17?/m1/s1. The summed E-state index contributed by atoms with van der Waals surface area (Å²) in [5.41, 5.74) is -0.332. The first-order chi connectivity index (χ1) is 13.4. The molecule has 0 saturated carbocycles. The van der Waals surface area contributed by atoms with Gasteiger partial charge in [-0.25, -0.2) is 4.98 Å². The van der Waals surface area contributed by atoms with Crippen molar-refractivity contribution in [3.8, 4) is 5.88 Å². The zero-order chi connectivity index (χ0) is 19.7. The van der Waals surface area contributed by atoms with Gasteiger partial charge in [-0.15, -0.1) is 0 Å². The van der Waals surface area contributed by atoms with Crippen molar-refractivity contribution in [3.05, 3.63) is 12.3 Å². The average molecular weight is 390 g/mol. The van der Waals surface area contributed by atoms with Gasteiger partial charge in [-0.1, -0.05) is 20.8 Å². The molecular weight excluding hydrogens is 360 g/mol. The first-order valence-electron chi connectivity index (χ1n) is 10.2. The van der Waals surface area contributed by atoms with Crippen molar-refractivity contribution in [3.63, 3.8) is 0 Å². The molecular formula is C20H30N4O4. The maximum atomic E-state index is 12.4. The lowest BCUT2D eigenvalue weighted by atomic mass is 9.93. The number of nitrogens with zero attached hydrogens (tertiary/aromatic N) is 3. The molecule has 3 atom stereocenters. The molecule has 3 aliphatic rings. The second-order valence-corrected chi connectivity index (χ2v) is 8.83. The van der Waals surface area contributed by atoms with Crippen LogP contribution in [-0.4, -0.2) is 71.4 Å². The molecule has 3 saturated heterocycles. The molecule has 1 unspecified atom stereocenters. The van der Waals surface area contributed by atoms with Crippen LogP contribution >= 0.6 is 0 Å². The average Bonchev–Trinajstić information content (AvgIpc) is 3.27. The van der Waals surface area contributed by atoms with Crippen molar-refractivity contribution in [2.45, 2.75) is 64.4 Å². The number of likely N-dealkylation sites (tertiary alicyclic amines) is 1. The fourth-order valence-corrected chi connectivity index (χ4v) is 4.05. The minimum Gasteiger partial charge on any atom is -0.469 e. The van der Waals surface area contributed by atoms with Crippen LogP contribution in [0.2, 0.25) is 0 Å². The van der Waals surface area contributed by atoms with E-state index in [9.17, 15) is 4.79 Å². The highest BCUT2D eigenvalue weighted by Crippen LogP contribution is 2.29. The van der Waals surface area contributed by atoms with Crippen LogP contribution in [-0.2, 0) is 14.3 Å². The van der Waals surface area contributed by atoms with Crippen molar-refractivity contribution < 1.29 is 19.0 Å². The molecule has 8 heteroatoms. The van der Waals surface area contributed by atoms with Crippen LogP contribution in [0.1, 0.15) is 40.0 Å². The third kappa shape index (κ3) is 4.22. The Morgan fingerprint density at radius 1 is 1.25 bits per heavy atom. The highest BCUT2D eigenvalue weighted by atomic mass is 16.6. The van der Waals surface area contributed by atoms with E-state index in [0.29, 0.717) is 18.4 Å². The Morgan fingerprint density at radius 3 is 2.79 bits per heavy atom. The fraction of sp³-hybridized carbons (Fsp3) is 0.750. The Kier molecular flexibility index (Phi) is 5.42. The second kappa shape index (κ2) is 7.83. The van der Waals surface area contributed by atoms with E-state index < -0.39 is 0 Å². The van der Waals surface area contributed by atoms with Crippen molar-refractivity contribution in [2.24, 2.45) is 5.41 Å². The number of aromatic nitrogens is 2. The van der Waals surface area contributed by atoms with Crippen LogP contribution in [0.5, 0.6) is 5.88 Å². The van der Waals surface area contributed by atoms with Gasteiger partial charge in [-0.2, -0.15) is 4.98 Å². The normalized spacial score (nSPS) is 28.2. The minimum atomic E-state index is -0.332. The molecule has 4 heterocycles. The molecule has 0 radical (unpaired) electrons. The molecule has 0 spiro atoms. The molecule has 0 aliphatic carbocycles. The van der Waals surface area contributed by atoms with Crippen LogP contribution in [0, 0.1) is 5.41 Å². The summed E-state index contributed by atoms with van der Waals surface area (Å²) in [6.45, 7) is 8.66. The summed E-state index contributed by atoms with van der Waals surface area (Å²) in [6, 6.07) is 2.01. The van der Waals surface area contributed by atoms with E-state index in [4.69, 9.17) is 14.2 Å². The van der Waals surface area contributed by atoms with Crippen molar-refractivity contribution in [1.29, 1.82) is 0 Å². The lowest BCUT2D eigenvalue weighted by Gasteiger charge is -2.36. The molecule has 3 fully saturated rings. The molecule has 1 aromatic heterocycles. The molecule has 0 aromatic carbocycles. The number of fused-ring (bicyclic) bond motifs is 1. The van der Waals surface area contributed by atoms with Gasteiger partial charge in [0.25, 0.3) is 0 Å². The van der Waals surface area contributed by atoms with Gasteiger partial charge in [0.2, 0.25) is 17.7 Å². The topological polar surface area (TPSA) is 85.8 Å². The first kappa shape index (κ1) is 19.4. The van der Waals surface area contributed by atoms with Crippen LogP contribution in [0.4, 0.5) is 5.95 Å². The molecule has 28 heavy (non-hydrogen) atoms. The maximum Gasteiger partial charge on any atom is 0.227 e. The van der Waals surface area contributed by atoms with Crippen LogP contribution in [0.15, 0.2) is 12.3 Å². The van der Waals surface area contributed by atoms with E-state index in [1.165, 1.54) is 0 Å². The van der Waals surface area contributed by atoms with Crippen molar-refractivity contribution >= 4 is 11.9 Å². The molecule has 4 rings (SSSR count). The molecule has 8 nitrogen and oxygen atoms in total. The highest BCUT2D eigenvalue weighted by molar-refractivity contribution is 5.81. The number of rotatable bonds is 4. The number of hydrogen-bond donors (Lipinski definition) is 1. The number of carbonyl (C=O) groups excluding carboxylic acids is 1. The van der Waals surface area contributed by atoms with E-state index in [0.717, 1.165) is 39.0 Å². The minimum absolute atomic E-state index is 0.00365. The van der Waals surface area contributed by atoms with Gasteiger partial charge in [0.15, 0.2) is 6.10 Å². The third-order valence-electron chi connectivity index (χ3n) is 5.58. The summed E-state index contributed by atoms with van der Waals surface area (Å²) in [5, 5.41) is 3.39. The van der Waals surface area contributed by atoms with Gasteiger partial charge in [-0.05, 0) is 19.3 Å². The summed E-state index contributed by atoms with van der Waals surface area (Å²) in [5.74, 6) is 1.30. The van der Waals surface area contributed by atoms with Gasteiger partial charge < -0.3 is 24.4 Å². The van der Waals surface area contributed by atoms with Gasteiger partial charge in [0.05, 0.1) is 12.7 Å². The lowest BCUT2D eigenvalue weighted by Crippen LogP contribution is -2.46. The number of carbonyl (C=O) groups is 1. The third-order valence-corrected chi connectivity index (χ3v) is 5.58. The molecule has 1 N–H and O–H groups in total. The van der Waals surface area contributed by atoms with Crippen molar-refractivity contribution in [2.75, 3.05) is 31.6 Å². The molecule has 1 amide bonds. The van der Waals surface area contributed by atoms with Gasteiger partial charge in [0.1, 0.15) is 6.10 Å². The summed E-state index contributed by atoms with van der Waals surface area (Å²) >= 11 is 0. The number of piperidine rings is 1. The summed E-state index contributed by atoms with van der Waals surface area (Å²) in [6.07, 6.45) is 4.40. The number of amides is 1. The summed E-state index contributed by atoms with van der Waals surface area (Å²) in [7, 11) is 0. The summed E-state index contributed by atoms with van der Waals surface area (Å²) < 4.78 is 17.5. The van der Waals surface area contributed by atoms with Crippen molar-refractivity contribution in [1.82, 2.24) is 14.9 Å². The first-order valence-corrected chi connectivity index (χ1v) is 10.2. The van der Waals surface area contributed by atoms with E-state index in [-0.39, 0.29) is 35.7 Å². The SMILES string of the molecule is CC(C)(C)C(=O)N1CCC(Nc2nccc(O[C@H]3CO[C@@H]4CCOC34)n2)CC1. The van der Waals surface area contributed by atoms with Crippen LogP contribution in [0.3, 0.4) is 0 Å². The Morgan fingerprint density at radius 2 is 2.04 bits per heavy atom. The Balaban J connectivity index is 1.30. The van der Waals surface area contributed by atoms with Gasteiger partial charge >= 0.3 is 0 Å². The van der Waals surface area contributed by atoms with Gasteiger partial charge in [0, 0.05) is 43.4 Å². The summed E-state index contributed by atoms with van der Waals surface area (Å²) in [4.78, 5) is 23.2. The van der Waals surface area contributed by atoms with Crippen LogP contribution < -0.4 is 10.1 Å². The number of ether oxygens (including phenoxy) is 3. The second-order valence-electron chi connectivity index (χ2n) is 8.83. The predicted molar refractivity (Wildman–Crippen MR) is 103 cm³/mol. The lowest BCUT2D eigenvalue weighted by molar-refractivity contribution is -0.140. The van der Waals surface area contributed by atoms with Gasteiger partial charge in [-0.3, -0.25) is 4.79 Å². The maximum absolute atomic E-state index is 12.4. The Labute approximate surface area is 166 Å². The smallest absolute Gasteiger partial charge is 0.227 e. The van der Waals surface area contributed by atoms with Crippen LogP contribution in [0.25, 0.3) is 0 Å². The van der Waals surface area contributed by atoms with E-state index in [1.54, 1.807) is 12.3 Å². The molecule has 1 aromatic rings. The van der Waals surface area contributed by atoms with E-state index in [2.05, 4.69) is 15.3 Å². The zero-order valence-corrected chi connectivity index (χ0v) is 16.9. The monoisotopic (exact) mass is 390 g/mol. The zero-order valence-electron chi connectivity index (χ0n) is 16.9. The Bertz CT molecular complexity index is 700. The van der Waals surface area contributed by atoms with E-state index >= 15 is 0 Å². The highest BCUT2D eigenvalue weighted by Gasteiger charge is 2.43. The number of hydrogen-bond acceptors (Lipinski definition) is 7. The molecule has 0 bridgehead atoms. The predicted octanol–water partition coefficient (Wildman–Crippen LogP) is 1.86. The fourth-order valence-electron chi connectivity index (χ4n) is 4.05. The molecule has 154 valence electrons. The van der Waals surface area contributed by atoms with E-state index in [1.807, 2.05) is 25.7 Å². The largest absolute Gasteiger partial charge is 0.469 e. The molecule has 3 aliphatic heterocycles. The quantitative estimate of drug-likeness (QED) is 0.840. The Hall–Kier alpha value is -1.93.